The lowest BCUT2D eigenvalue weighted by molar-refractivity contribution is 0.146. The van der Waals surface area contributed by atoms with Crippen LogP contribution in [0.3, 0.4) is 0 Å². The molecule has 0 radical (unpaired) electrons. The summed E-state index contributed by atoms with van der Waals surface area (Å²) < 4.78 is 10.4. The first kappa shape index (κ1) is 13.0. The predicted octanol–water partition coefficient (Wildman–Crippen LogP) is 2.34. The third kappa shape index (κ3) is 3.51. The van der Waals surface area contributed by atoms with Crippen LogP contribution in [0.5, 0.6) is 5.75 Å². The van der Waals surface area contributed by atoms with Crippen LogP contribution < -0.4 is 10.1 Å². The van der Waals surface area contributed by atoms with Gasteiger partial charge in [0.2, 0.25) is 0 Å². The van der Waals surface area contributed by atoms with Crippen molar-refractivity contribution >= 4 is 0 Å². The number of hydrogen-bond donors (Lipinski definition) is 1. The average molecular weight is 223 g/mol. The quantitative estimate of drug-likeness (QED) is 0.795. The maximum atomic E-state index is 5.52. The zero-order valence-corrected chi connectivity index (χ0v) is 10.4. The zero-order valence-electron chi connectivity index (χ0n) is 10.4. The Hall–Kier alpha value is -1.06. The van der Waals surface area contributed by atoms with E-state index >= 15 is 0 Å². The minimum atomic E-state index is 0.614. The van der Waals surface area contributed by atoms with E-state index in [4.69, 9.17) is 9.47 Å². The average Bonchev–Trinajstić information content (AvgIpc) is 2.79. The van der Waals surface area contributed by atoms with Crippen molar-refractivity contribution in [3.8, 4) is 5.75 Å². The highest BCUT2D eigenvalue weighted by Gasteiger charge is 2.09. The van der Waals surface area contributed by atoms with Crippen LogP contribution in [0.4, 0.5) is 0 Å². The van der Waals surface area contributed by atoms with Gasteiger partial charge in [0.25, 0.3) is 0 Å². The maximum Gasteiger partial charge on any atom is 0.119 e. The van der Waals surface area contributed by atoms with Crippen molar-refractivity contribution in [1.29, 1.82) is 0 Å². The molecule has 1 aliphatic rings. The molecule has 0 aliphatic carbocycles. The molecule has 3 nitrogen and oxygen atoms in total. The Bertz CT molecular complexity index is 313. The molecule has 0 saturated carbocycles. The highest BCUT2D eigenvalue weighted by Crippen LogP contribution is 2.21. The number of rotatable bonds is 4. The molecule has 16 heavy (non-hydrogen) atoms. The van der Waals surface area contributed by atoms with Gasteiger partial charge in [0, 0.05) is 20.2 Å². The van der Waals surface area contributed by atoms with E-state index in [9.17, 15) is 0 Å². The predicted molar refractivity (Wildman–Crippen MR) is 65.7 cm³/mol. The second-order valence-corrected chi connectivity index (χ2v) is 3.38. The number of hydrogen-bond acceptors (Lipinski definition) is 3. The topological polar surface area (TPSA) is 30.5 Å². The summed E-state index contributed by atoms with van der Waals surface area (Å²) in [6.07, 6.45) is 0. The molecule has 1 aliphatic heterocycles. The molecule has 0 fully saturated rings. The lowest BCUT2D eigenvalue weighted by Crippen LogP contribution is -2.04. The molecule has 0 amide bonds. The molecule has 0 bridgehead atoms. The Balaban J connectivity index is 0.000000606. The summed E-state index contributed by atoms with van der Waals surface area (Å²) in [4.78, 5) is 0. The van der Waals surface area contributed by atoms with Crippen LogP contribution >= 0.6 is 0 Å². The van der Waals surface area contributed by atoms with Crippen molar-refractivity contribution in [3.05, 3.63) is 29.3 Å². The molecule has 1 N–H and O–H groups in total. The van der Waals surface area contributed by atoms with Crippen molar-refractivity contribution in [2.75, 3.05) is 20.3 Å². The first-order valence-electron chi connectivity index (χ1n) is 5.84. The molecule has 3 heteroatoms. The molecule has 0 unspecified atom stereocenters. The Labute approximate surface area is 97.8 Å². The van der Waals surface area contributed by atoms with Gasteiger partial charge in [-0.1, -0.05) is 19.9 Å². The van der Waals surface area contributed by atoms with E-state index in [0.29, 0.717) is 13.2 Å². The van der Waals surface area contributed by atoms with Gasteiger partial charge >= 0.3 is 0 Å². The molecule has 1 aromatic rings. The molecular formula is C13H21NO2. The van der Waals surface area contributed by atoms with Crippen molar-refractivity contribution in [1.82, 2.24) is 5.32 Å². The van der Waals surface area contributed by atoms with E-state index in [1.54, 1.807) is 7.11 Å². The second-order valence-electron chi connectivity index (χ2n) is 3.38. The van der Waals surface area contributed by atoms with Gasteiger partial charge in [0.15, 0.2) is 0 Å². The molecule has 90 valence electrons. The summed E-state index contributed by atoms with van der Waals surface area (Å²) in [5.74, 6) is 0.935. The van der Waals surface area contributed by atoms with Crippen LogP contribution in [-0.2, 0) is 17.8 Å². The smallest absolute Gasteiger partial charge is 0.119 e. The Morgan fingerprint density at radius 1 is 1.12 bits per heavy atom. The van der Waals surface area contributed by atoms with Crippen molar-refractivity contribution in [3.63, 3.8) is 0 Å². The minimum absolute atomic E-state index is 0.614. The molecule has 0 aromatic heterocycles. The number of ether oxygens (including phenoxy) is 2. The molecule has 0 atom stereocenters. The van der Waals surface area contributed by atoms with Crippen LogP contribution in [0, 0.1) is 0 Å². The molecule has 2 rings (SSSR count). The SMILES string of the molecule is CC.COCCOc1ccc2c(c1)CNC2. The zero-order chi connectivity index (χ0) is 11.8. The van der Waals surface area contributed by atoms with Crippen molar-refractivity contribution in [2.45, 2.75) is 26.9 Å². The number of benzene rings is 1. The van der Waals surface area contributed by atoms with Gasteiger partial charge in [0.05, 0.1) is 6.61 Å². The third-order valence-electron chi connectivity index (χ3n) is 2.36. The van der Waals surface area contributed by atoms with Gasteiger partial charge in [-0.15, -0.1) is 0 Å². The van der Waals surface area contributed by atoms with E-state index in [0.717, 1.165) is 18.8 Å². The summed E-state index contributed by atoms with van der Waals surface area (Å²) in [6, 6.07) is 6.24. The van der Waals surface area contributed by atoms with E-state index in [1.807, 2.05) is 19.9 Å². The van der Waals surface area contributed by atoms with E-state index in [1.165, 1.54) is 11.1 Å². The van der Waals surface area contributed by atoms with Crippen LogP contribution in [-0.4, -0.2) is 20.3 Å². The van der Waals surface area contributed by atoms with Gasteiger partial charge in [-0.05, 0) is 23.3 Å². The Morgan fingerprint density at radius 3 is 2.62 bits per heavy atom. The van der Waals surface area contributed by atoms with Gasteiger partial charge < -0.3 is 14.8 Å². The number of methoxy groups -OCH3 is 1. The Kier molecular flexibility index (Phi) is 5.90. The van der Waals surface area contributed by atoms with Gasteiger partial charge in [-0.2, -0.15) is 0 Å². The van der Waals surface area contributed by atoms with Gasteiger partial charge in [0.1, 0.15) is 12.4 Å². The monoisotopic (exact) mass is 223 g/mol. The number of fused-ring (bicyclic) bond motifs is 1. The molecule has 0 spiro atoms. The molecular weight excluding hydrogens is 202 g/mol. The summed E-state index contributed by atoms with van der Waals surface area (Å²) in [6.45, 7) is 7.18. The van der Waals surface area contributed by atoms with Crippen molar-refractivity contribution in [2.24, 2.45) is 0 Å². The third-order valence-corrected chi connectivity index (χ3v) is 2.36. The summed E-state index contributed by atoms with van der Waals surface area (Å²) in [5.41, 5.74) is 2.73. The van der Waals surface area contributed by atoms with E-state index < -0.39 is 0 Å². The summed E-state index contributed by atoms with van der Waals surface area (Å²) >= 11 is 0. The number of nitrogens with one attached hydrogen (secondary N) is 1. The lowest BCUT2D eigenvalue weighted by atomic mass is 10.1. The largest absolute Gasteiger partial charge is 0.491 e. The van der Waals surface area contributed by atoms with Crippen LogP contribution in [0.25, 0.3) is 0 Å². The highest BCUT2D eigenvalue weighted by atomic mass is 16.5. The summed E-state index contributed by atoms with van der Waals surface area (Å²) in [5, 5.41) is 3.30. The molecule has 1 aromatic carbocycles. The Morgan fingerprint density at radius 2 is 1.88 bits per heavy atom. The van der Waals surface area contributed by atoms with Crippen molar-refractivity contribution < 1.29 is 9.47 Å². The summed E-state index contributed by atoms with van der Waals surface area (Å²) in [7, 11) is 1.68. The van der Waals surface area contributed by atoms with Gasteiger partial charge in [-0.3, -0.25) is 0 Å². The molecule has 1 heterocycles. The van der Waals surface area contributed by atoms with Crippen LogP contribution in [0.1, 0.15) is 25.0 Å². The fourth-order valence-corrected chi connectivity index (χ4v) is 1.60. The maximum absolute atomic E-state index is 5.52. The fourth-order valence-electron chi connectivity index (χ4n) is 1.60. The molecule has 0 saturated heterocycles. The standard InChI is InChI=1S/C11H15NO2.C2H6/c1-13-4-5-14-11-3-2-9-7-12-8-10(9)6-11;1-2/h2-3,6,12H,4-5,7-8H2,1H3;1-2H3. The minimum Gasteiger partial charge on any atom is -0.491 e. The fraction of sp³-hybridized carbons (Fsp3) is 0.538. The lowest BCUT2D eigenvalue weighted by Gasteiger charge is -2.06. The first-order chi connectivity index (χ1) is 7.90. The van der Waals surface area contributed by atoms with Crippen LogP contribution in [0.15, 0.2) is 18.2 Å². The normalized spacial score (nSPS) is 12.7. The van der Waals surface area contributed by atoms with Crippen LogP contribution in [0.2, 0.25) is 0 Å². The van der Waals surface area contributed by atoms with E-state index in [-0.39, 0.29) is 0 Å². The van der Waals surface area contributed by atoms with Gasteiger partial charge in [-0.25, -0.2) is 0 Å². The van der Waals surface area contributed by atoms with E-state index in [2.05, 4.69) is 17.4 Å². The highest BCUT2D eigenvalue weighted by molar-refractivity contribution is 5.37. The second kappa shape index (κ2) is 7.25. The first-order valence-corrected chi connectivity index (χ1v) is 5.84.